The number of hydrogen-bond donors (Lipinski definition) is 0. The van der Waals surface area contributed by atoms with Gasteiger partial charge in [-0.3, -0.25) is 0 Å². The fourth-order valence-electron chi connectivity index (χ4n) is 0.254. The van der Waals surface area contributed by atoms with Crippen LogP contribution in [0.1, 0.15) is 6.92 Å². The third-order valence-corrected chi connectivity index (χ3v) is 0.753. The van der Waals surface area contributed by atoms with Gasteiger partial charge in [0.25, 0.3) is 0 Å². The standard InChI is InChI=1S/C7H10/c1-4-6-7(3)5-2/h5-7H,1-2H2,3H3. The van der Waals surface area contributed by atoms with Crippen molar-refractivity contribution in [1.29, 1.82) is 0 Å². The molecule has 0 aliphatic rings. The molecular formula is C7H10. The minimum atomic E-state index is 0.414. The van der Waals surface area contributed by atoms with E-state index in [1.54, 1.807) is 0 Å². The summed E-state index contributed by atoms with van der Waals surface area (Å²) in [7, 11) is 0. The molecule has 0 nitrogen and oxygen atoms in total. The first-order valence-corrected chi connectivity index (χ1v) is 2.29. The van der Waals surface area contributed by atoms with Gasteiger partial charge in [-0.15, -0.1) is 12.3 Å². The minimum Gasteiger partial charge on any atom is -0.132 e. The lowest BCUT2D eigenvalue weighted by atomic mass is 10.2. The molecule has 0 saturated heterocycles. The van der Waals surface area contributed by atoms with E-state index in [4.69, 9.17) is 0 Å². The molecule has 38 valence electrons. The average Bonchev–Trinajstić information content (AvgIpc) is 1.68. The van der Waals surface area contributed by atoms with Crippen LogP contribution in [0.3, 0.4) is 0 Å². The zero-order valence-corrected chi connectivity index (χ0v) is 4.65. The van der Waals surface area contributed by atoms with Crippen LogP contribution >= 0.6 is 0 Å². The van der Waals surface area contributed by atoms with Gasteiger partial charge in [-0.05, 0) is 12.0 Å². The van der Waals surface area contributed by atoms with Crippen LogP contribution < -0.4 is 0 Å². The summed E-state index contributed by atoms with van der Waals surface area (Å²) in [5.41, 5.74) is 2.67. The molecular weight excluding hydrogens is 84.1 g/mol. The molecule has 0 aromatic rings. The van der Waals surface area contributed by atoms with Gasteiger partial charge >= 0.3 is 0 Å². The minimum absolute atomic E-state index is 0.414. The smallest absolute Gasteiger partial charge is 0.000882 e. The Bertz CT molecular complexity index is 94.6. The maximum absolute atomic E-state index is 3.58. The topological polar surface area (TPSA) is 0 Å². The molecule has 0 N–H and O–H groups in total. The lowest BCUT2D eigenvalue weighted by Gasteiger charge is -1.88. The van der Waals surface area contributed by atoms with Gasteiger partial charge in [-0.1, -0.05) is 19.6 Å². The lowest BCUT2D eigenvalue weighted by Crippen LogP contribution is -1.75. The van der Waals surface area contributed by atoms with Gasteiger partial charge in [0.1, 0.15) is 0 Å². The van der Waals surface area contributed by atoms with Crippen molar-refractivity contribution in [3.63, 3.8) is 0 Å². The van der Waals surface area contributed by atoms with E-state index in [-0.39, 0.29) is 0 Å². The number of rotatable bonds is 2. The van der Waals surface area contributed by atoms with E-state index in [1.165, 1.54) is 0 Å². The Kier molecular flexibility index (Phi) is 3.09. The Morgan fingerprint density at radius 1 is 1.71 bits per heavy atom. The van der Waals surface area contributed by atoms with Crippen LogP contribution in [0.25, 0.3) is 0 Å². The third kappa shape index (κ3) is 3.08. The molecule has 0 heteroatoms. The van der Waals surface area contributed by atoms with Gasteiger partial charge in [0.05, 0.1) is 0 Å². The van der Waals surface area contributed by atoms with Crippen molar-refractivity contribution in [3.8, 4) is 0 Å². The van der Waals surface area contributed by atoms with Gasteiger partial charge in [0.15, 0.2) is 0 Å². The van der Waals surface area contributed by atoms with Crippen molar-refractivity contribution in [3.05, 3.63) is 31.0 Å². The van der Waals surface area contributed by atoms with Gasteiger partial charge < -0.3 is 0 Å². The summed E-state index contributed by atoms with van der Waals surface area (Å²) in [6.07, 6.45) is 3.71. The zero-order chi connectivity index (χ0) is 5.70. The SMILES string of the molecule is C=C=CC(C)C=C. The van der Waals surface area contributed by atoms with Crippen molar-refractivity contribution in [2.24, 2.45) is 5.92 Å². The van der Waals surface area contributed by atoms with Gasteiger partial charge in [-0.2, -0.15) is 0 Å². The summed E-state index contributed by atoms with van der Waals surface area (Å²) < 4.78 is 0. The van der Waals surface area contributed by atoms with Crippen LogP contribution in [0.15, 0.2) is 31.0 Å². The molecule has 0 heterocycles. The maximum atomic E-state index is 3.58. The highest BCUT2D eigenvalue weighted by Crippen LogP contribution is 1.93. The van der Waals surface area contributed by atoms with E-state index in [0.29, 0.717) is 5.92 Å². The first kappa shape index (κ1) is 6.26. The average molecular weight is 94.2 g/mol. The largest absolute Gasteiger partial charge is 0.132 e. The molecule has 0 aliphatic heterocycles. The van der Waals surface area contributed by atoms with Crippen molar-refractivity contribution < 1.29 is 0 Å². The number of hydrogen-bond acceptors (Lipinski definition) is 0. The van der Waals surface area contributed by atoms with Crippen LogP contribution in [0.4, 0.5) is 0 Å². The van der Waals surface area contributed by atoms with Crippen LogP contribution in [0.2, 0.25) is 0 Å². The molecule has 1 unspecified atom stereocenters. The van der Waals surface area contributed by atoms with Crippen LogP contribution in [-0.2, 0) is 0 Å². The second-order valence-corrected chi connectivity index (χ2v) is 1.47. The third-order valence-electron chi connectivity index (χ3n) is 0.753. The Labute approximate surface area is 44.9 Å². The summed E-state index contributed by atoms with van der Waals surface area (Å²) in [6, 6.07) is 0. The van der Waals surface area contributed by atoms with E-state index in [9.17, 15) is 0 Å². The van der Waals surface area contributed by atoms with E-state index in [0.717, 1.165) is 0 Å². The molecule has 0 amide bonds. The molecule has 0 rings (SSSR count). The Hall–Kier alpha value is -0.740. The van der Waals surface area contributed by atoms with Crippen LogP contribution in [0.5, 0.6) is 0 Å². The summed E-state index contributed by atoms with van der Waals surface area (Å²) in [4.78, 5) is 0. The Balaban J connectivity index is 3.56. The van der Waals surface area contributed by atoms with Crippen molar-refractivity contribution in [2.75, 3.05) is 0 Å². The van der Waals surface area contributed by atoms with E-state index in [1.807, 2.05) is 19.1 Å². The summed E-state index contributed by atoms with van der Waals surface area (Å²) >= 11 is 0. The predicted molar refractivity (Wildman–Crippen MR) is 33.1 cm³/mol. The molecule has 0 saturated carbocycles. The first-order valence-electron chi connectivity index (χ1n) is 2.29. The van der Waals surface area contributed by atoms with Crippen LogP contribution in [0, 0.1) is 5.92 Å². The quantitative estimate of drug-likeness (QED) is 0.363. The van der Waals surface area contributed by atoms with Gasteiger partial charge in [0.2, 0.25) is 0 Å². The van der Waals surface area contributed by atoms with Crippen LogP contribution in [-0.4, -0.2) is 0 Å². The molecule has 0 spiro atoms. The second-order valence-electron chi connectivity index (χ2n) is 1.47. The van der Waals surface area contributed by atoms with Gasteiger partial charge in [0, 0.05) is 0 Å². The second kappa shape index (κ2) is 3.45. The van der Waals surface area contributed by atoms with Crippen molar-refractivity contribution >= 4 is 0 Å². The fourth-order valence-corrected chi connectivity index (χ4v) is 0.254. The highest BCUT2D eigenvalue weighted by atomic mass is 13.9. The predicted octanol–water partition coefficient (Wildman–Crippen LogP) is 2.15. The van der Waals surface area contributed by atoms with Gasteiger partial charge in [-0.25, -0.2) is 0 Å². The summed E-state index contributed by atoms with van der Waals surface area (Å²) in [6.45, 7) is 9.03. The lowest BCUT2D eigenvalue weighted by molar-refractivity contribution is 0.946. The van der Waals surface area contributed by atoms with Crippen molar-refractivity contribution in [2.45, 2.75) is 6.92 Å². The highest BCUT2D eigenvalue weighted by Gasteiger charge is 1.81. The molecule has 0 aromatic carbocycles. The molecule has 0 aliphatic carbocycles. The molecule has 0 bridgehead atoms. The maximum Gasteiger partial charge on any atom is -0.000882 e. The Morgan fingerprint density at radius 2 is 2.29 bits per heavy atom. The summed E-state index contributed by atoms with van der Waals surface area (Å²) in [5, 5.41) is 0. The normalized spacial score (nSPS) is 11.6. The van der Waals surface area contributed by atoms with E-state index >= 15 is 0 Å². The highest BCUT2D eigenvalue weighted by molar-refractivity contribution is 4.91. The van der Waals surface area contributed by atoms with Crippen molar-refractivity contribution in [1.82, 2.24) is 0 Å². The van der Waals surface area contributed by atoms with E-state index in [2.05, 4.69) is 18.9 Å². The first-order chi connectivity index (χ1) is 3.31. The van der Waals surface area contributed by atoms with E-state index < -0.39 is 0 Å². The Morgan fingerprint density at radius 3 is 2.43 bits per heavy atom. The monoisotopic (exact) mass is 94.1 g/mol. The summed E-state index contributed by atoms with van der Waals surface area (Å²) in [5.74, 6) is 0.414. The zero-order valence-electron chi connectivity index (χ0n) is 4.65. The molecule has 0 fully saturated rings. The molecule has 1 atom stereocenters. The molecule has 0 aromatic heterocycles. The fraction of sp³-hybridized carbons (Fsp3) is 0.286. The molecule has 7 heavy (non-hydrogen) atoms. The molecule has 0 radical (unpaired) electrons. The number of allylic oxidation sites excluding steroid dienone is 2.